The average Bonchev–Trinajstić information content (AvgIpc) is 2.58. The van der Waals surface area contributed by atoms with Crippen LogP contribution in [0.15, 0.2) is 24.3 Å². The summed E-state index contributed by atoms with van der Waals surface area (Å²) < 4.78 is 0. The first kappa shape index (κ1) is 16.1. The van der Waals surface area contributed by atoms with Crippen LogP contribution in [0.25, 0.3) is 0 Å². The first-order chi connectivity index (χ1) is 12.1. The smallest absolute Gasteiger partial charge is 0.251 e. The van der Waals surface area contributed by atoms with E-state index >= 15 is 0 Å². The van der Waals surface area contributed by atoms with E-state index in [1.54, 1.807) is 24.3 Å². The molecule has 5 nitrogen and oxygen atoms in total. The highest BCUT2D eigenvalue weighted by molar-refractivity contribution is 5.96. The lowest BCUT2D eigenvalue weighted by Crippen LogP contribution is -2.55. The Bertz CT molecular complexity index is 691. The lowest BCUT2D eigenvalue weighted by atomic mass is 9.54. The predicted molar refractivity (Wildman–Crippen MR) is 93.6 cm³/mol. The van der Waals surface area contributed by atoms with Gasteiger partial charge in [-0.05, 0) is 80.0 Å². The van der Waals surface area contributed by atoms with E-state index in [-0.39, 0.29) is 18.2 Å². The second kappa shape index (κ2) is 6.51. The molecule has 1 aromatic rings. The standard InChI is InChI=1S/C20H23N3O2/c21-6-5-18(24)22-17-3-1-14(2-4-17)20(25)23-19-15-8-12-7-13(10-15)11-16(19)9-12/h1-4,12-13,15-16,19H,5,7-11H2,(H,22,24)(H,23,25). The first-order valence-corrected chi connectivity index (χ1v) is 9.20. The summed E-state index contributed by atoms with van der Waals surface area (Å²) in [4.78, 5) is 24.1. The van der Waals surface area contributed by atoms with Crippen LogP contribution in [0.3, 0.4) is 0 Å². The minimum Gasteiger partial charge on any atom is -0.349 e. The van der Waals surface area contributed by atoms with Gasteiger partial charge in [0.15, 0.2) is 0 Å². The molecule has 0 heterocycles. The quantitative estimate of drug-likeness (QED) is 0.886. The molecule has 25 heavy (non-hydrogen) atoms. The molecule has 0 radical (unpaired) electrons. The number of carbonyl (C=O) groups excluding carboxylic acids is 2. The molecule has 4 saturated carbocycles. The number of benzene rings is 1. The monoisotopic (exact) mass is 337 g/mol. The van der Waals surface area contributed by atoms with Gasteiger partial charge in [0.25, 0.3) is 5.91 Å². The van der Waals surface area contributed by atoms with Crippen LogP contribution in [0.2, 0.25) is 0 Å². The van der Waals surface area contributed by atoms with Crippen molar-refractivity contribution in [1.82, 2.24) is 5.32 Å². The number of hydrogen-bond donors (Lipinski definition) is 2. The van der Waals surface area contributed by atoms with E-state index < -0.39 is 0 Å². The van der Waals surface area contributed by atoms with Crippen molar-refractivity contribution in [1.29, 1.82) is 5.26 Å². The zero-order valence-electron chi connectivity index (χ0n) is 14.2. The molecule has 0 spiro atoms. The topological polar surface area (TPSA) is 82.0 Å². The summed E-state index contributed by atoms with van der Waals surface area (Å²) in [5.74, 6) is 2.74. The molecular formula is C20H23N3O2. The summed E-state index contributed by atoms with van der Waals surface area (Å²) in [6.07, 6.45) is 6.36. The summed E-state index contributed by atoms with van der Waals surface area (Å²) in [5, 5.41) is 14.4. The van der Waals surface area contributed by atoms with Gasteiger partial charge in [0.1, 0.15) is 6.42 Å². The fourth-order valence-corrected chi connectivity index (χ4v) is 5.38. The number of amides is 2. The Morgan fingerprint density at radius 2 is 1.60 bits per heavy atom. The second-order valence-corrected chi connectivity index (χ2v) is 7.89. The lowest BCUT2D eigenvalue weighted by Gasteiger charge is -2.54. The van der Waals surface area contributed by atoms with Gasteiger partial charge in [0.05, 0.1) is 6.07 Å². The molecule has 2 amide bonds. The first-order valence-electron chi connectivity index (χ1n) is 9.20. The fourth-order valence-electron chi connectivity index (χ4n) is 5.38. The molecular weight excluding hydrogens is 314 g/mol. The van der Waals surface area contributed by atoms with E-state index in [0.29, 0.717) is 29.1 Å². The van der Waals surface area contributed by atoms with E-state index in [0.717, 1.165) is 11.8 Å². The van der Waals surface area contributed by atoms with Crippen molar-refractivity contribution in [2.75, 3.05) is 5.32 Å². The van der Waals surface area contributed by atoms with Crippen molar-refractivity contribution < 1.29 is 9.59 Å². The van der Waals surface area contributed by atoms with Crippen LogP contribution >= 0.6 is 0 Å². The molecule has 0 saturated heterocycles. The van der Waals surface area contributed by atoms with Crippen molar-refractivity contribution >= 4 is 17.5 Å². The molecule has 130 valence electrons. The van der Waals surface area contributed by atoms with Gasteiger partial charge in [-0.3, -0.25) is 9.59 Å². The van der Waals surface area contributed by atoms with Gasteiger partial charge in [-0.25, -0.2) is 0 Å². The van der Waals surface area contributed by atoms with Crippen molar-refractivity contribution in [3.8, 4) is 6.07 Å². The summed E-state index contributed by atoms with van der Waals surface area (Å²) >= 11 is 0. The van der Waals surface area contributed by atoms with E-state index in [1.165, 1.54) is 32.1 Å². The molecule has 5 heteroatoms. The second-order valence-electron chi connectivity index (χ2n) is 7.89. The SMILES string of the molecule is N#CCC(=O)Nc1ccc(C(=O)NC2C3CC4CC(C3)CC2C4)cc1. The third kappa shape index (κ3) is 3.26. The molecule has 4 fully saturated rings. The van der Waals surface area contributed by atoms with Gasteiger partial charge in [-0.2, -0.15) is 5.26 Å². The molecule has 0 aromatic heterocycles. The normalized spacial score (nSPS) is 32.0. The van der Waals surface area contributed by atoms with E-state index in [9.17, 15) is 9.59 Å². The Labute approximate surface area is 147 Å². The molecule has 1 aromatic carbocycles. The summed E-state index contributed by atoms with van der Waals surface area (Å²) in [6.45, 7) is 0. The van der Waals surface area contributed by atoms with E-state index in [4.69, 9.17) is 5.26 Å². The average molecular weight is 337 g/mol. The number of hydrogen-bond acceptors (Lipinski definition) is 3. The lowest BCUT2D eigenvalue weighted by molar-refractivity contribution is -0.115. The van der Waals surface area contributed by atoms with Crippen LogP contribution in [0.5, 0.6) is 0 Å². The van der Waals surface area contributed by atoms with Crippen LogP contribution in [0.1, 0.15) is 48.9 Å². The maximum Gasteiger partial charge on any atom is 0.251 e. The maximum atomic E-state index is 12.6. The number of nitrogens with zero attached hydrogens (tertiary/aromatic N) is 1. The Morgan fingerprint density at radius 3 is 2.16 bits per heavy atom. The molecule has 0 aliphatic heterocycles. The number of nitrogens with one attached hydrogen (secondary N) is 2. The fraction of sp³-hybridized carbons (Fsp3) is 0.550. The van der Waals surface area contributed by atoms with Crippen LogP contribution in [0, 0.1) is 35.0 Å². The van der Waals surface area contributed by atoms with Crippen LogP contribution in [-0.2, 0) is 4.79 Å². The third-order valence-electron chi connectivity index (χ3n) is 6.19. The summed E-state index contributed by atoms with van der Waals surface area (Å²) in [6, 6.07) is 9.02. The highest BCUT2D eigenvalue weighted by atomic mass is 16.2. The summed E-state index contributed by atoms with van der Waals surface area (Å²) in [7, 11) is 0. The van der Waals surface area contributed by atoms with Crippen LogP contribution in [0.4, 0.5) is 5.69 Å². The minimum absolute atomic E-state index is 0.0209. The Kier molecular flexibility index (Phi) is 4.20. The van der Waals surface area contributed by atoms with Gasteiger partial charge < -0.3 is 10.6 Å². The molecule has 2 N–H and O–H groups in total. The molecule has 4 aliphatic carbocycles. The van der Waals surface area contributed by atoms with Crippen molar-refractivity contribution in [2.24, 2.45) is 23.7 Å². The van der Waals surface area contributed by atoms with Crippen LogP contribution in [-0.4, -0.2) is 17.9 Å². The van der Waals surface area contributed by atoms with E-state index in [2.05, 4.69) is 10.6 Å². The van der Waals surface area contributed by atoms with Gasteiger partial charge in [-0.1, -0.05) is 0 Å². The summed E-state index contributed by atoms with van der Waals surface area (Å²) in [5.41, 5.74) is 1.22. The predicted octanol–water partition coefficient (Wildman–Crippen LogP) is 3.09. The highest BCUT2D eigenvalue weighted by Crippen LogP contribution is 2.53. The van der Waals surface area contributed by atoms with Crippen LogP contribution < -0.4 is 10.6 Å². The number of rotatable bonds is 4. The Balaban J connectivity index is 1.38. The molecule has 0 unspecified atom stereocenters. The highest BCUT2D eigenvalue weighted by Gasteiger charge is 2.48. The van der Waals surface area contributed by atoms with Gasteiger partial charge in [0, 0.05) is 17.3 Å². The number of carbonyl (C=O) groups is 2. The third-order valence-corrected chi connectivity index (χ3v) is 6.19. The number of anilines is 1. The zero-order valence-corrected chi connectivity index (χ0v) is 14.2. The van der Waals surface area contributed by atoms with Crippen molar-refractivity contribution in [2.45, 2.75) is 44.6 Å². The van der Waals surface area contributed by atoms with Gasteiger partial charge in [0.2, 0.25) is 5.91 Å². The maximum absolute atomic E-state index is 12.6. The minimum atomic E-state index is -0.340. The van der Waals surface area contributed by atoms with E-state index in [1.807, 2.05) is 6.07 Å². The Hall–Kier alpha value is -2.35. The molecule has 4 aliphatic rings. The molecule has 4 bridgehead atoms. The van der Waals surface area contributed by atoms with Crippen molar-refractivity contribution in [3.05, 3.63) is 29.8 Å². The molecule has 5 rings (SSSR count). The van der Waals surface area contributed by atoms with Gasteiger partial charge in [-0.15, -0.1) is 0 Å². The van der Waals surface area contributed by atoms with Crippen molar-refractivity contribution in [3.63, 3.8) is 0 Å². The number of nitriles is 1. The Morgan fingerprint density at radius 1 is 1.00 bits per heavy atom. The zero-order chi connectivity index (χ0) is 17.4. The molecule has 0 atom stereocenters. The largest absolute Gasteiger partial charge is 0.349 e. The van der Waals surface area contributed by atoms with Gasteiger partial charge >= 0.3 is 0 Å².